The van der Waals surface area contributed by atoms with Crippen molar-refractivity contribution in [2.24, 2.45) is 0 Å². The molecule has 5 heteroatoms. The number of H-pyrrole nitrogens is 1. The van der Waals surface area contributed by atoms with Gasteiger partial charge in [0.1, 0.15) is 5.69 Å². The number of Topliss-reactive ketones (excluding diaryl/α,β-unsaturated/α-hetero) is 1. The van der Waals surface area contributed by atoms with E-state index in [-0.39, 0.29) is 11.3 Å². The zero-order valence-electron chi connectivity index (χ0n) is 8.60. The van der Waals surface area contributed by atoms with Crippen LogP contribution in [0.5, 0.6) is 0 Å². The number of carbonyl (C=O) groups is 1. The molecule has 0 unspecified atom stereocenters. The fourth-order valence-electron chi connectivity index (χ4n) is 1.31. The van der Waals surface area contributed by atoms with Crippen LogP contribution in [0.4, 0.5) is 0 Å². The van der Waals surface area contributed by atoms with Gasteiger partial charge < -0.3 is 0 Å². The molecule has 0 amide bonds. The monoisotopic (exact) mass is 215 g/mol. The molecular formula is C11H9N3O2. The Hall–Kier alpha value is -2.30. The van der Waals surface area contributed by atoms with E-state index in [9.17, 15) is 9.59 Å². The molecule has 5 nitrogen and oxygen atoms in total. The summed E-state index contributed by atoms with van der Waals surface area (Å²) >= 11 is 0. The average Bonchev–Trinajstić information content (AvgIpc) is 2.30. The number of nitrogens with zero attached hydrogens (tertiary/aromatic N) is 2. The highest BCUT2D eigenvalue weighted by Crippen LogP contribution is 2.11. The normalized spacial score (nSPS) is 10.1. The van der Waals surface area contributed by atoms with E-state index in [1.165, 1.54) is 13.0 Å². The molecule has 2 rings (SSSR count). The predicted octanol–water partition coefficient (Wildman–Crippen LogP) is 1.03. The summed E-state index contributed by atoms with van der Waals surface area (Å²) in [6, 6.07) is 6.79. The van der Waals surface area contributed by atoms with E-state index in [1.807, 2.05) is 6.07 Å². The van der Waals surface area contributed by atoms with Crippen molar-refractivity contribution in [1.29, 1.82) is 0 Å². The number of pyridine rings is 1. The smallest absolute Gasteiger partial charge is 0.275 e. The molecule has 80 valence electrons. The molecule has 0 spiro atoms. The predicted molar refractivity (Wildman–Crippen MR) is 58.1 cm³/mol. The molecule has 0 bridgehead atoms. The molecule has 0 aromatic carbocycles. The minimum absolute atomic E-state index is 0.0932. The Morgan fingerprint density at radius 1 is 1.31 bits per heavy atom. The number of aromatic nitrogens is 3. The lowest BCUT2D eigenvalue weighted by Gasteiger charge is -2.00. The Morgan fingerprint density at radius 3 is 2.75 bits per heavy atom. The molecule has 0 aliphatic carbocycles. The zero-order chi connectivity index (χ0) is 11.5. The lowest BCUT2D eigenvalue weighted by molar-refractivity contribution is 0.101. The first-order chi connectivity index (χ1) is 7.68. The molecule has 0 fully saturated rings. The van der Waals surface area contributed by atoms with E-state index in [4.69, 9.17) is 0 Å². The van der Waals surface area contributed by atoms with Gasteiger partial charge in [0.2, 0.25) is 0 Å². The van der Waals surface area contributed by atoms with Crippen molar-refractivity contribution >= 4 is 5.78 Å². The maximum atomic E-state index is 11.3. The van der Waals surface area contributed by atoms with Gasteiger partial charge in [-0.3, -0.25) is 14.6 Å². The van der Waals surface area contributed by atoms with Gasteiger partial charge in [0.05, 0.1) is 11.3 Å². The number of nitrogens with one attached hydrogen (secondary N) is 1. The molecule has 0 atom stereocenters. The van der Waals surface area contributed by atoms with E-state index >= 15 is 0 Å². The van der Waals surface area contributed by atoms with Crippen LogP contribution >= 0.6 is 0 Å². The van der Waals surface area contributed by atoms with Crippen LogP contribution in [0.3, 0.4) is 0 Å². The highest BCUT2D eigenvalue weighted by molar-refractivity contribution is 5.94. The Balaban J connectivity index is 2.57. The molecule has 0 saturated heterocycles. The van der Waals surface area contributed by atoms with Crippen LogP contribution in [-0.4, -0.2) is 21.0 Å². The summed E-state index contributed by atoms with van der Waals surface area (Å²) in [6.45, 7) is 1.34. The van der Waals surface area contributed by atoms with E-state index < -0.39 is 5.56 Å². The van der Waals surface area contributed by atoms with Gasteiger partial charge >= 0.3 is 0 Å². The van der Waals surface area contributed by atoms with Crippen molar-refractivity contribution in [3.8, 4) is 11.4 Å². The van der Waals surface area contributed by atoms with Gasteiger partial charge in [0, 0.05) is 6.20 Å². The van der Waals surface area contributed by atoms with Gasteiger partial charge in [-0.1, -0.05) is 6.07 Å². The highest BCUT2D eigenvalue weighted by Gasteiger charge is 2.09. The maximum absolute atomic E-state index is 11.3. The zero-order valence-corrected chi connectivity index (χ0v) is 8.60. The van der Waals surface area contributed by atoms with Crippen molar-refractivity contribution < 1.29 is 4.79 Å². The lowest BCUT2D eigenvalue weighted by Crippen LogP contribution is -2.17. The van der Waals surface area contributed by atoms with Gasteiger partial charge in [0.25, 0.3) is 5.56 Å². The summed E-state index contributed by atoms with van der Waals surface area (Å²) in [5, 5.41) is 6.12. The summed E-state index contributed by atoms with van der Waals surface area (Å²) in [7, 11) is 0. The summed E-state index contributed by atoms with van der Waals surface area (Å²) in [5.41, 5.74) is 0.703. The summed E-state index contributed by atoms with van der Waals surface area (Å²) < 4.78 is 0. The quantitative estimate of drug-likeness (QED) is 0.759. The van der Waals surface area contributed by atoms with Crippen LogP contribution in [-0.2, 0) is 0 Å². The molecule has 0 saturated carbocycles. The number of carbonyl (C=O) groups excluding carboxylic acids is 1. The number of rotatable bonds is 2. The Bertz CT molecular complexity index is 575. The van der Waals surface area contributed by atoms with Crippen LogP contribution in [0.25, 0.3) is 11.4 Å². The molecule has 0 aliphatic rings. The second-order valence-electron chi connectivity index (χ2n) is 3.27. The first kappa shape index (κ1) is 10.2. The second kappa shape index (κ2) is 4.06. The molecular weight excluding hydrogens is 206 g/mol. The number of ketones is 1. The van der Waals surface area contributed by atoms with Crippen molar-refractivity contribution in [1.82, 2.24) is 15.2 Å². The van der Waals surface area contributed by atoms with Crippen LogP contribution in [0.2, 0.25) is 0 Å². The van der Waals surface area contributed by atoms with E-state index in [2.05, 4.69) is 15.2 Å². The van der Waals surface area contributed by atoms with Crippen LogP contribution in [0.15, 0.2) is 35.3 Å². The second-order valence-corrected chi connectivity index (χ2v) is 3.27. The third kappa shape index (κ3) is 1.88. The third-order valence-electron chi connectivity index (χ3n) is 2.11. The third-order valence-corrected chi connectivity index (χ3v) is 2.11. The molecule has 1 N–H and O–H groups in total. The molecule has 0 radical (unpaired) electrons. The number of aromatic amines is 1. The maximum Gasteiger partial charge on any atom is 0.275 e. The molecule has 2 aromatic rings. The summed E-state index contributed by atoms with van der Waals surface area (Å²) in [5.74, 6) is -0.291. The first-order valence-electron chi connectivity index (χ1n) is 4.70. The van der Waals surface area contributed by atoms with Gasteiger partial charge in [-0.05, 0) is 25.1 Å². The summed E-state index contributed by atoms with van der Waals surface area (Å²) in [6.07, 6.45) is 1.62. The fourth-order valence-corrected chi connectivity index (χ4v) is 1.31. The topological polar surface area (TPSA) is 75.7 Å². The van der Waals surface area contributed by atoms with Gasteiger partial charge in [-0.15, -0.1) is 0 Å². The SMILES string of the molecule is CC(=O)c1cc(-c2ccccn2)n[nH]c1=O. The van der Waals surface area contributed by atoms with Gasteiger partial charge in [-0.25, -0.2) is 5.10 Å². The fraction of sp³-hybridized carbons (Fsp3) is 0.0909. The minimum Gasteiger partial charge on any atom is -0.294 e. The molecule has 0 aliphatic heterocycles. The van der Waals surface area contributed by atoms with E-state index in [0.717, 1.165) is 0 Å². The Kier molecular flexibility index (Phi) is 2.59. The van der Waals surface area contributed by atoms with E-state index in [0.29, 0.717) is 11.4 Å². The van der Waals surface area contributed by atoms with Crippen LogP contribution < -0.4 is 5.56 Å². The highest BCUT2D eigenvalue weighted by atomic mass is 16.1. The van der Waals surface area contributed by atoms with Crippen LogP contribution in [0, 0.1) is 0 Å². The summed E-state index contributed by atoms with van der Waals surface area (Å²) in [4.78, 5) is 26.5. The van der Waals surface area contributed by atoms with Gasteiger partial charge in [-0.2, -0.15) is 5.10 Å². The average molecular weight is 215 g/mol. The standard InChI is InChI=1S/C11H9N3O2/c1-7(15)8-6-10(13-14-11(8)16)9-4-2-3-5-12-9/h2-6H,1H3,(H,14,16). The lowest BCUT2D eigenvalue weighted by atomic mass is 10.1. The minimum atomic E-state index is -0.479. The van der Waals surface area contributed by atoms with Crippen molar-refractivity contribution in [3.05, 3.63) is 46.4 Å². The molecule has 2 heterocycles. The molecule has 2 aromatic heterocycles. The van der Waals surface area contributed by atoms with Crippen molar-refractivity contribution in [2.45, 2.75) is 6.92 Å². The van der Waals surface area contributed by atoms with Gasteiger partial charge in [0.15, 0.2) is 5.78 Å². The molecule has 16 heavy (non-hydrogen) atoms. The number of hydrogen-bond acceptors (Lipinski definition) is 4. The van der Waals surface area contributed by atoms with Crippen molar-refractivity contribution in [2.75, 3.05) is 0 Å². The Labute approximate surface area is 91.2 Å². The first-order valence-corrected chi connectivity index (χ1v) is 4.70. The number of hydrogen-bond donors (Lipinski definition) is 1. The van der Waals surface area contributed by atoms with E-state index in [1.54, 1.807) is 18.3 Å². The van der Waals surface area contributed by atoms with Crippen LogP contribution in [0.1, 0.15) is 17.3 Å². The van der Waals surface area contributed by atoms with Crippen molar-refractivity contribution in [3.63, 3.8) is 0 Å². The largest absolute Gasteiger partial charge is 0.294 e. The Morgan fingerprint density at radius 2 is 2.12 bits per heavy atom.